The lowest BCUT2D eigenvalue weighted by Crippen LogP contribution is -2.37. The van der Waals surface area contributed by atoms with E-state index < -0.39 is 0 Å². The number of esters is 1. The van der Waals surface area contributed by atoms with Gasteiger partial charge in [-0.05, 0) is 21.0 Å². The van der Waals surface area contributed by atoms with E-state index in [1.165, 1.54) is 18.4 Å². The molecule has 0 fully saturated rings. The number of thiazole rings is 1. The highest BCUT2D eigenvalue weighted by atomic mass is 32.1. The predicted molar refractivity (Wildman–Crippen MR) is 95.0 cm³/mol. The Labute approximate surface area is 145 Å². The van der Waals surface area contributed by atoms with Crippen LogP contribution in [-0.4, -0.2) is 49.0 Å². The van der Waals surface area contributed by atoms with Crippen LogP contribution in [0.4, 0.5) is 5.13 Å². The summed E-state index contributed by atoms with van der Waals surface area (Å²) >= 11 is 1.29. The van der Waals surface area contributed by atoms with Crippen LogP contribution in [0.15, 0.2) is 30.3 Å². The minimum absolute atomic E-state index is 0.123. The van der Waals surface area contributed by atoms with Gasteiger partial charge in [0, 0.05) is 10.4 Å². The Hall–Kier alpha value is -2.25. The molecule has 2 rings (SSSR count). The van der Waals surface area contributed by atoms with E-state index in [2.05, 4.69) is 10.3 Å². The van der Waals surface area contributed by atoms with Gasteiger partial charge in [0.1, 0.15) is 0 Å². The summed E-state index contributed by atoms with van der Waals surface area (Å²) in [5.74, 6) is -0.478. The molecule has 128 valence electrons. The molecule has 0 radical (unpaired) electrons. The van der Waals surface area contributed by atoms with Crippen LogP contribution in [-0.2, 0) is 20.7 Å². The van der Waals surface area contributed by atoms with Crippen molar-refractivity contribution in [3.05, 3.63) is 35.2 Å². The quantitative estimate of drug-likeness (QED) is 0.813. The topological polar surface area (TPSA) is 71.5 Å². The normalized spacial score (nSPS) is 12.0. The third kappa shape index (κ3) is 4.39. The summed E-state index contributed by atoms with van der Waals surface area (Å²) in [4.78, 5) is 31.0. The lowest BCUT2D eigenvalue weighted by Gasteiger charge is -2.17. The first kappa shape index (κ1) is 18.1. The van der Waals surface area contributed by atoms with E-state index in [9.17, 15) is 9.59 Å². The van der Waals surface area contributed by atoms with Gasteiger partial charge in [-0.3, -0.25) is 14.5 Å². The molecule has 1 heterocycles. The number of carbonyl (C=O) groups excluding carboxylic acids is 2. The Morgan fingerprint density at radius 1 is 1.29 bits per heavy atom. The molecular weight excluding hydrogens is 326 g/mol. The second kappa shape index (κ2) is 8.03. The number of nitrogens with one attached hydrogen (secondary N) is 1. The van der Waals surface area contributed by atoms with Gasteiger partial charge >= 0.3 is 5.97 Å². The Balaban J connectivity index is 2.31. The highest BCUT2D eigenvalue weighted by Crippen LogP contribution is 2.31. The van der Waals surface area contributed by atoms with E-state index in [0.29, 0.717) is 10.8 Å². The lowest BCUT2D eigenvalue weighted by molar-refractivity contribution is -0.139. The van der Waals surface area contributed by atoms with Gasteiger partial charge in [0.15, 0.2) is 5.13 Å². The molecule has 2 aromatic rings. The molecule has 1 amide bonds. The van der Waals surface area contributed by atoms with E-state index in [-0.39, 0.29) is 24.3 Å². The second-order valence-electron chi connectivity index (χ2n) is 5.54. The fourth-order valence-electron chi connectivity index (χ4n) is 1.99. The molecule has 1 N–H and O–H groups in total. The number of likely N-dealkylation sites (N-methyl/N-ethyl adjacent to an activating group) is 1. The molecule has 0 bridgehead atoms. The Morgan fingerprint density at radius 3 is 2.54 bits per heavy atom. The number of hydrogen-bond donors (Lipinski definition) is 1. The SMILES string of the molecule is COC(=O)Cc1sc(NC(=O)[C@H](C)N(C)C)nc1-c1ccccc1. The highest BCUT2D eigenvalue weighted by molar-refractivity contribution is 7.16. The van der Waals surface area contributed by atoms with Crippen molar-refractivity contribution in [3.8, 4) is 11.3 Å². The molecule has 7 heteroatoms. The first-order valence-electron chi connectivity index (χ1n) is 7.51. The van der Waals surface area contributed by atoms with Crippen molar-refractivity contribution in [2.24, 2.45) is 0 Å². The summed E-state index contributed by atoms with van der Waals surface area (Å²) in [6.45, 7) is 1.82. The summed E-state index contributed by atoms with van der Waals surface area (Å²) in [5, 5.41) is 3.30. The molecular formula is C17H21N3O3S. The first-order chi connectivity index (χ1) is 11.4. The predicted octanol–water partition coefficient (Wildman–Crippen LogP) is 2.41. The lowest BCUT2D eigenvalue weighted by atomic mass is 10.1. The number of nitrogens with zero attached hydrogens (tertiary/aromatic N) is 2. The van der Waals surface area contributed by atoms with Gasteiger partial charge in [-0.2, -0.15) is 0 Å². The van der Waals surface area contributed by atoms with Crippen LogP contribution in [0, 0.1) is 0 Å². The minimum atomic E-state index is -0.338. The zero-order valence-electron chi connectivity index (χ0n) is 14.2. The van der Waals surface area contributed by atoms with Crippen LogP contribution in [0.2, 0.25) is 0 Å². The Morgan fingerprint density at radius 2 is 1.96 bits per heavy atom. The van der Waals surface area contributed by atoms with Crippen molar-refractivity contribution >= 4 is 28.3 Å². The maximum atomic E-state index is 12.2. The van der Waals surface area contributed by atoms with Crippen LogP contribution in [0.25, 0.3) is 11.3 Å². The molecule has 1 aromatic heterocycles. The van der Waals surface area contributed by atoms with Crippen molar-refractivity contribution < 1.29 is 14.3 Å². The fourth-order valence-corrected chi connectivity index (χ4v) is 2.97. The van der Waals surface area contributed by atoms with Gasteiger partial charge in [0.05, 0.1) is 25.3 Å². The molecule has 6 nitrogen and oxygen atoms in total. The van der Waals surface area contributed by atoms with Gasteiger partial charge in [0.2, 0.25) is 5.91 Å². The molecule has 0 spiro atoms. The smallest absolute Gasteiger partial charge is 0.310 e. The number of ether oxygens (including phenoxy) is 1. The molecule has 0 saturated heterocycles. The Bertz CT molecular complexity index is 713. The summed E-state index contributed by atoms with van der Waals surface area (Å²) in [7, 11) is 5.03. The number of rotatable bonds is 6. The van der Waals surface area contributed by atoms with E-state index in [4.69, 9.17) is 4.74 Å². The van der Waals surface area contributed by atoms with Crippen molar-refractivity contribution in [1.82, 2.24) is 9.88 Å². The van der Waals surface area contributed by atoms with E-state index in [0.717, 1.165) is 10.4 Å². The molecule has 0 aliphatic heterocycles. The first-order valence-corrected chi connectivity index (χ1v) is 8.33. The third-order valence-corrected chi connectivity index (χ3v) is 4.63. The van der Waals surface area contributed by atoms with Gasteiger partial charge in [-0.1, -0.05) is 30.3 Å². The summed E-state index contributed by atoms with van der Waals surface area (Å²) in [6, 6.07) is 9.29. The summed E-state index contributed by atoms with van der Waals surface area (Å²) in [5.41, 5.74) is 1.59. The van der Waals surface area contributed by atoms with Crippen LogP contribution in [0.5, 0.6) is 0 Å². The van der Waals surface area contributed by atoms with Gasteiger partial charge in [0.25, 0.3) is 0 Å². The van der Waals surface area contributed by atoms with Gasteiger partial charge in [-0.25, -0.2) is 4.98 Å². The van der Waals surface area contributed by atoms with Crippen molar-refractivity contribution in [2.75, 3.05) is 26.5 Å². The molecule has 1 atom stereocenters. The fraction of sp³-hybridized carbons (Fsp3) is 0.353. The molecule has 0 aliphatic carbocycles. The van der Waals surface area contributed by atoms with Crippen LogP contribution < -0.4 is 5.32 Å². The molecule has 1 aromatic carbocycles. The van der Waals surface area contributed by atoms with Gasteiger partial charge in [-0.15, -0.1) is 11.3 Å². The maximum absolute atomic E-state index is 12.2. The van der Waals surface area contributed by atoms with Crippen molar-refractivity contribution in [2.45, 2.75) is 19.4 Å². The van der Waals surface area contributed by atoms with Gasteiger partial charge < -0.3 is 10.1 Å². The van der Waals surface area contributed by atoms with Crippen molar-refractivity contribution in [1.29, 1.82) is 0 Å². The zero-order valence-corrected chi connectivity index (χ0v) is 15.0. The number of benzene rings is 1. The van der Waals surface area contributed by atoms with E-state index >= 15 is 0 Å². The number of hydrogen-bond acceptors (Lipinski definition) is 6. The maximum Gasteiger partial charge on any atom is 0.310 e. The number of amides is 1. The summed E-state index contributed by atoms with van der Waals surface area (Å²) in [6.07, 6.45) is 0.123. The minimum Gasteiger partial charge on any atom is -0.469 e. The van der Waals surface area contributed by atoms with E-state index in [1.807, 2.05) is 56.3 Å². The average molecular weight is 347 g/mol. The standard InChI is InChI=1S/C17H21N3O3S/c1-11(20(2)3)16(22)19-17-18-15(12-8-6-5-7-9-12)13(24-17)10-14(21)23-4/h5-9,11H,10H2,1-4H3,(H,18,19,22)/t11-/m0/s1. The van der Waals surface area contributed by atoms with Crippen LogP contribution >= 0.6 is 11.3 Å². The number of anilines is 1. The van der Waals surface area contributed by atoms with E-state index in [1.54, 1.807) is 0 Å². The van der Waals surface area contributed by atoms with Crippen LogP contribution in [0.3, 0.4) is 0 Å². The van der Waals surface area contributed by atoms with Crippen LogP contribution in [0.1, 0.15) is 11.8 Å². The van der Waals surface area contributed by atoms with Crippen molar-refractivity contribution in [3.63, 3.8) is 0 Å². The average Bonchev–Trinajstić information content (AvgIpc) is 2.96. The molecule has 0 unspecified atom stereocenters. The monoisotopic (exact) mass is 347 g/mol. The Kier molecular flexibility index (Phi) is 6.05. The largest absolute Gasteiger partial charge is 0.469 e. The molecule has 0 saturated carbocycles. The molecule has 24 heavy (non-hydrogen) atoms. The third-order valence-electron chi connectivity index (χ3n) is 3.66. The second-order valence-corrected chi connectivity index (χ2v) is 6.62. The highest BCUT2D eigenvalue weighted by Gasteiger charge is 2.20. The summed E-state index contributed by atoms with van der Waals surface area (Å²) < 4.78 is 4.75. The number of aromatic nitrogens is 1. The number of methoxy groups -OCH3 is 1. The number of carbonyl (C=O) groups is 2. The molecule has 0 aliphatic rings. The zero-order chi connectivity index (χ0) is 17.7.